The van der Waals surface area contributed by atoms with Crippen LogP contribution in [0.4, 0.5) is 19.0 Å². The summed E-state index contributed by atoms with van der Waals surface area (Å²) in [7, 11) is 0. The predicted molar refractivity (Wildman–Crippen MR) is 108 cm³/mol. The normalized spacial score (nSPS) is 12.3. The summed E-state index contributed by atoms with van der Waals surface area (Å²) < 4.78 is 45.7. The highest BCUT2D eigenvalue weighted by Crippen LogP contribution is 2.34. The molecule has 3 aromatic rings. The molecule has 0 aliphatic heterocycles. The highest BCUT2D eigenvalue weighted by molar-refractivity contribution is 6.32. The number of carbonyl (C=O) groups excluding carboxylic acids is 1. The molecule has 11 heteroatoms. The Morgan fingerprint density at radius 2 is 1.94 bits per heavy atom. The maximum Gasteiger partial charge on any atom is 0.416 e. The van der Waals surface area contributed by atoms with Crippen molar-refractivity contribution in [1.82, 2.24) is 19.9 Å². The van der Waals surface area contributed by atoms with Crippen LogP contribution in [0.5, 0.6) is 0 Å². The van der Waals surface area contributed by atoms with Gasteiger partial charge in [0.1, 0.15) is 5.82 Å². The number of aryl methyl sites for hydroxylation is 2. The molecular weight excluding hydrogens is 435 g/mol. The minimum atomic E-state index is -4.54. The number of aromatic nitrogens is 4. The molecule has 0 unspecified atom stereocenters. The first kappa shape index (κ1) is 22.8. The summed E-state index contributed by atoms with van der Waals surface area (Å²) in [6, 6.07) is 4.46. The van der Waals surface area contributed by atoms with E-state index >= 15 is 0 Å². The Bertz CT molecular complexity index is 1100. The zero-order valence-corrected chi connectivity index (χ0v) is 18.1. The molecule has 1 N–H and O–H groups in total. The van der Waals surface area contributed by atoms with E-state index in [2.05, 4.69) is 20.6 Å². The molecular formula is C20H21ClF3N5O2. The smallest absolute Gasteiger partial charge is 0.339 e. The number of amides is 1. The Balaban J connectivity index is 1.77. The van der Waals surface area contributed by atoms with Crippen LogP contribution in [0.15, 0.2) is 28.8 Å². The molecule has 1 aromatic carbocycles. The molecule has 2 heterocycles. The first-order chi connectivity index (χ1) is 14.3. The summed E-state index contributed by atoms with van der Waals surface area (Å²) >= 11 is 6.11. The van der Waals surface area contributed by atoms with Crippen molar-refractivity contribution >= 4 is 23.3 Å². The molecule has 0 fully saturated rings. The molecule has 3 rings (SSSR count). The maximum absolute atomic E-state index is 13.1. The second kappa shape index (κ2) is 8.33. The second-order valence-electron chi connectivity index (χ2n) is 8.06. The molecule has 0 atom stereocenters. The summed E-state index contributed by atoms with van der Waals surface area (Å²) in [6.07, 6.45) is -4.29. The fraction of sp³-hybridized carbons (Fsp3) is 0.400. The maximum atomic E-state index is 13.1. The lowest BCUT2D eigenvalue weighted by Gasteiger charge is -2.13. The molecule has 0 saturated carbocycles. The van der Waals surface area contributed by atoms with E-state index in [1.165, 1.54) is 4.68 Å². The van der Waals surface area contributed by atoms with Gasteiger partial charge in [0.25, 0.3) is 0 Å². The first-order valence-corrected chi connectivity index (χ1v) is 9.79. The largest absolute Gasteiger partial charge is 0.416 e. The van der Waals surface area contributed by atoms with E-state index in [1.807, 2.05) is 20.8 Å². The standard InChI is InChI=1S/C20H21ClF3N5O2/c1-11-9-15(25-16(30)7-8-17-26-18(28-31-17)19(2,3)4)29(27-11)14-10-12(20(22,23)24)5-6-13(14)21/h5-6,9-10H,7-8H2,1-4H3,(H,25,30). The van der Waals surface area contributed by atoms with Crippen LogP contribution in [0.3, 0.4) is 0 Å². The average Bonchev–Trinajstić information content (AvgIpc) is 3.26. The van der Waals surface area contributed by atoms with Crippen molar-refractivity contribution in [3.8, 4) is 5.69 Å². The summed E-state index contributed by atoms with van der Waals surface area (Å²) in [5.74, 6) is 0.672. The number of hydrogen-bond acceptors (Lipinski definition) is 5. The highest BCUT2D eigenvalue weighted by atomic mass is 35.5. The third kappa shape index (κ3) is 5.43. The summed E-state index contributed by atoms with van der Waals surface area (Å²) in [6.45, 7) is 7.48. The van der Waals surface area contributed by atoms with Gasteiger partial charge >= 0.3 is 6.18 Å². The Morgan fingerprint density at radius 1 is 1.23 bits per heavy atom. The van der Waals surface area contributed by atoms with Gasteiger partial charge in [0.2, 0.25) is 11.8 Å². The lowest BCUT2D eigenvalue weighted by molar-refractivity contribution is -0.137. The minimum Gasteiger partial charge on any atom is -0.339 e. The van der Waals surface area contributed by atoms with Crippen LogP contribution < -0.4 is 5.32 Å². The molecule has 0 saturated heterocycles. The lowest BCUT2D eigenvalue weighted by atomic mass is 9.96. The molecule has 0 radical (unpaired) electrons. The molecule has 0 aliphatic rings. The number of alkyl halides is 3. The third-order valence-electron chi connectivity index (χ3n) is 4.31. The van der Waals surface area contributed by atoms with Gasteiger partial charge in [-0.15, -0.1) is 0 Å². The number of benzene rings is 1. The Kier molecular flexibility index (Phi) is 6.13. The van der Waals surface area contributed by atoms with Gasteiger partial charge in [-0.1, -0.05) is 37.5 Å². The number of anilines is 1. The van der Waals surface area contributed by atoms with Crippen LogP contribution in [-0.2, 0) is 22.8 Å². The summed E-state index contributed by atoms with van der Waals surface area (Å²) in [5.41, 5.74) is -0.649. The van der Waals surface area contributed by atoms with Crippen LogP contribution in [0.1, 0.15) is 50.2 Å². The Morgan fingerprint density at radius 3 is 2.55 bits per heavy atom. The number of carbonyl (C=O) groups is 1. The van der Waals surface area contributed by atoms with Gasteiger partial charge < -0.3 is 9.84 Å². The fourth-order valence-electron chi connectivity index (χ4n) is 2.71. The van der Waals surface area contributed by atoms with E-state index in [1.54, 1.807) is 13.0 Å². The number of nitrogens with one attached hydrogen (secondary N) is 1. The van der Waals surface area contributed by atoms with Crippen molar-refractivity contribution in [3.63, 3.8) is 0 Å². The van der Waals surface area contributed by atoms with E-state index in [0.29, 0.717) is 17.4 Å². The van der Waals surface area contributed by atoms with E-state index in [0.717, 1.165) is 18.2 Å². The van der Waals surface area contributed by atoms with Crippen molar-refractivity contribution in [3.05, 3.63) is 52.3 Å². The molecule has 166 valence electrons. The molecule has 0 spiro atoms. The SMILES string of the molecule is Cc1cc(NC(=O)CCc2nc(C(C)(C)C)no2)n(-c2cc(C(F)(F)F)ccc2Cl)n1. The van der Waals surface area contributed by atoms with Crippen LogP contribution in [0.2, 0.25) is 5.02 Å². The number of halogens is 4. The molecule has 31 heavy (non-hydrogen) atoms. The number of rotatable bonds is 5. The average molecular weight is 456 g/mol. The van der Waals surface area contributed by atoms with Crippen molar-refractivity contribution in [2.75, 3.05) is 5.32 Å². The van der Waals surface area contributed by atoms with Crippen molar-refractivity contribution in [2.24, 2.45) is 0 Å². The molecule has 1 amide bonds. The predicted octanol–water partition coefficient (Wildman–Crippen LogP) is 5.10. The summed E-state index contributed by atoms with van der Waals surface area (Å²) in [4.78, 5) is 16.7. The van der Waals surface area contributed by atoms with Gasteiger partial charge in [0.15, 0.2) is 5.82 Å². The third-order valence-corrected chi connectivity index (χ3v) is 4.63. The number of hydrogen-bond donors (Lipinski definition) is 1. The monoisotopic (exact) mass is 455 g/mol. The van der Waals surface area contributed by atoms with Gasteiger partial charge in [0, 0.05) is 24.3 Å². The van der Waals surface area contributed by atoms with Gasteiger partial charge in [-0.25, -0.2) is 4.68 Å². The van der Waals surface area contributed by atoms with Crippen LogP contribution in [0.25, 0.3) is 5.69 Å². The van der Waals surface area contributed by atoms with Gasteiger partial charge in [-0.3, -0.25) is 4.79 Å². The topological polar surface area (TPSA) is 85.8 Å². The van der Waals surface area contributed by atoms with Gasteiger partial charge in [0.05, 0.1) is 22.0 Å². The van der Waals surface area contributed by atoms with E-state index in [9.17, 15) is 18.0 Å². The zero-order chi connectivity index (χ0) is 23.0. The highest BCUT2D eigenvalue weighted by Gasteiger charge is 2.31. The van der Waals surface area contributed by atoms with Gasteiger partial charge in [-0.05, 0) is 25.1 Å². The summed E-state index contributed by atoms with van der Waals surface area (Å²) in [5, 5.41) is 10.8. The van der Waals surface area contributed by atoms with Crippen LogP contribution >= 0.6 is 11.6 Å². The molecule has 2 aromatic heterocycles. The number of nitrogens with zero attached hydrogens (tertiary/aromatic N) is 4. The molecule has 0 bridgehead atoms. The van der Waals surface area contributed by atoms with Gasteiger partial charge in [-0.2, -0.15) is 23.3 Å². The van der Waals surface area contributed by atoms with E-state index < -0.39 is 11.7 Å². The molecule has 7 nitrogen and oxygen atoms in total. The van der Waals surface area contributed by atoms with Crippen molar-refractivity contribution in [1.29, 1.82) is 0 Å². The Labute approximate surface area is 181 Å². The Hall–Kier alpha value is -2.88. The quantitative estimate of drug-likeness (QED) is 0.578. The van der Waals surface area contributed by atoms with E-state index in [4.69, 9.17) is 16.1 Å². The zero-order valence-electron chi connectivity index (χ0n) is 17.3. The second-order valence-corrected chi connectivity index (χ2v) is 8.46. The van der Waals surface area contributed by atoms with Crippen LogP contribution in [0, 0.1) is 6.92 Å². The van der Waals surface area contributed by atoms with Crippen LogP contribution in [-0.4, -0.2) is 25.8 Å². The van der Waals surface area contributed by atoms with Crippen molar-refractivity contribution < 1.29 is 22.5 Å². The first-order valence-electron chi connectivity index (χ1n) is 9.41. The van der Waals surface area contributed by atoms with E-state index in [-0.39, 0.29) is 40.7 Å². The van der Waals surface area contributed by atoms with Crippen molar-refractivity contribution in [2.45, 2.75) is 52.1 Å². The fourth-order valence-corrected chi connectivity index (χ4v) is 2.91. The lowest BCUT2D eigenvalue weighted by Crippen LogP contribution is -2.16. The minimum absolute atomic E-state index is 0.00612. The molecule has 0 aliphatic carbocycles.